The van der Waals surface area contributed by atoms with Crippen molar-refractivity contribution in [1.82, 2.24) is 4.90 Å². The van der Waals surface area contributed by atoms with Gasteiger partial charge in [0, 0.05) is 10.2 Å². The molecule has 2 N–H and O–H groups in total. The molecule has 26 heavy (non-hydrogen) atoms. The Labute approximate surface area is 162 Å². The maximum Gasteiger partial charge on any atom is 0.294 e. The highest BCUT2D eigenvalue weighted by molar-refractivity contribution is 9.10. The van der Waals surface area contributed by atoms with Gasteiger partial charge in [-0.25, -0.2) is 0 Å². The zero-order valence-corrected chi connectivity index (χ0v) is 15.7. The Balaban J connectivity index is 1.67. The Hall–Kier alpha value is -2.58. The smallest absolute Gasteiger partial charge is 0.294 e. The van der Waals surface area contributed by atoms with E-state index in [2.05, 4.69) is 21.2 Å². The number of rotatable bonds is 4. The first-order valence-electron chi connectivity index (χ1n) is 7.52. The maximum atomic E-state index is 12.4. The van der Waals surface area contributed by atoms with Crippen LogP contribution in [0.2, 0.25) is 0 Å². The molecule has 0 saturated carbocycles. The fourth-order valence-corrected chi connectivity index (χ4v) is 3.34. The van der Waals surface area contributed by atoms with Gasteiger partial charge in [0.25, 0.3) is 11.1 Å². The van der Waals surface area contributed by atoms with Crippen LogP contribution < -0.4 is 5.32 Å². The number of carbonyl (C=O) groups is 3. The molecular weight excluding hydrogens is 420 g/mol. The standard InChI is InChI=1S/C18H13BrN2O4S/c19-12-3-1-11(2-4-12)9-15-17(24)21(18(25)26-15)10-16(23)20-13-5-7-14(22)8-6-13/h1-9,22H,10H2,(H,20,23)/b15-9+. The van der Waals surface area contributed by atoms with Crippen molar-refractivity contribution >= 4 is 56.5 Å². The Morgan fingerprint density at radius 1 is 1.12 bits per heavy atom. The minimum absolute atomic E-state index is 0.0759. The van der Waals surface area contributed by atoms with Gasteiger partial charge >= 0.3 is 0 Å². The first-order chi connectivity index (χ1) is 12.4. The van der Waals surface area contributed by atoms with E-state index in [1.807, 2.05) is 24.3 Å². The minimum Gasteiger partial charge on any atom is -0.508 e. The number of nitrogens with zero attached hydrogens (tertiary/aromatic N) is 1. The average Bonchev–Trinajstić information content (AvgIpc) is 2.86. The van der Waals surface area contributed by atoms with Gasteiger partial charge < -0.3 is 10.4 Å². The van der Waals surface area contributed by atoms with E-state index in [0.717, 1.165) is 26.7 Å². The molecule has 0 spiro atoms. The summed E-state index contributed by atoms with van der Waals surface area (Å²) < 4.78 is 0.911. The zero-order chi connectivity index (χ0) is 18.7. The van der Waals surface area contributed by atoms with E-state index in [1.54, 1.807) is 6.08 Å². The zero-order valence-electron chi connectivity index (χ0n) is 13.3. The molecule has 1 aliphatic heterocycles. The molecule has 1 saturated heterocycles. The van der Waals surface area contributed by atoms with Crippen LogP contribution in [-0.4, -0.2) is 33.6 Å². The molecule has 0 aliphatic carbocycles. The highest BCUT2D eigenvalue weighted by Gasteiger charge is 2.36. The fraction of sp³-hybridized carbons (Fsp3) is 0.0556. The summed E-state index contributed by atoms with van der Waals surface area (Å²) in [6, 6.07) is 13.2. The summed E-state index contributed by atoms with van der Waals surface area (Å²) in [5, 5.41) is 11.3. The molecule has 3 rings (SSSR count). The Kier molecular flexibility index (Phi) is 5.43. The number of imide groups is 1. The normalized spacial score (nSPS) is 15.6. The largest absolute Gasteiger partial charge is 0.508 e. The lowest BCUT2D eigenvalue weighted by molar-refractivity contribution is -0.127. The number of hydrogen-bond donors (Lipinski definition) is 2. The summed E-state index contributed by atoms with van der Waals surface area (Å²) in [5.41, 5.74) is 1.25. The van der Waals surface area contributed by atoms with E-state index in [1.165, 1.54) is 24.3 Å². The van der Waals surface area contributed by atoms with Gasteiger partial charge in [-0.05, 0) is 59.8 Å². The van der Waals surface area contributed by atoms with Crippen LogP contribution in [0.5, 0.6) is 5.75 Å². The number of thioether (sulfide) groups is 1. The number of nitrogens with one attached hydrogen (secondary N) is 1. The van der Waals surface area contributed by atoms with E-state index in [4.69, 9.17) is 0 Å². The third kappa shape index (κ3) is 4.33. The molecule has 1 heterocycles. The fourth-order valence-electron chi connectivity index (χ4n) is 2.24. The molecule has 1 fully saturated rings. The van der Waals surface area contributed by atoms with Crippen molar-refractivity contribution in [1.29, 1.82) is 0 Å². The number of carbonyl (C=O) groups excluding carboxylic acids is 3. The van der Waals surface area contributed by atoms with Crippen molar-refractivity contribution in [2.24, 2.45) is 0 Å². The van der Waals surface area contributed by atoms with Gasteiger partial charge in [0.05, 0.1) is 4.91 Å². The first-order valence-corrected chi connectivity index (χ1v) is 9.13. The summed E-state index contributed by atoms with van der Waals surface area (Å²) in [5.74, 6) is -0.918. The van der Waals surface area contributed by atoms with Gasteiger partial charge in [-0.3, -0.25) is 19.3 Å². The third-order valence-corrected chi connectivity index (χ3v) is 4.93. The molecule has 0 atom stereocenters. The van der Waals surface area contributed by atoms with Gasteiger partial charge in [0.1, 0.15) is 12.3 Å². The van der Waals surface area contributed by atoms with Crippen LogP contribution in [0.25, 0.3) is 6.08 Å². The number of halogens is 1. The van der Waals surface area contributed by atoms with E-state index < -0.39 is 17.1 Å². The Bertz CT molecular complexity index is 894. The van der Waals surface area contributed by atoms with Crippen LogP contribution >= 0.6 is 27.7 Å². The predicted octanol–water partition coefficient (Wildman–Crippen LogP) is 3.83. The SMILES string of the molecule is O=C(CN1C(=O)S/C(=C/c2ccc(Br)cc2)C1=O)Nc1ccc(O)cc1. The molecule has 1 aliphatic rings. The molecule has 132 valence electrons. The van der Waals surface area contributed by atoms with Crippen molar-refractivity contribution in [3.63, 3.8) is 0 Å². The Morgan fingerprint density at radius 3 is 2.42 bits per heavy atom. The highest BCUT2D eigenvalue weighted by Crippen LogP contribution is 2.32. The number of hydrogen-bond acceptors (Lipinski definition) is 5. The topological polar surface area (TPSA) is 86.7 Å². The second kappa shape index (κ2) is 7.76. The van der Waals surface area contributed by atoms with Crippen molar-refractivity contribution in [3.05, 3.63) is 63.5 Å². The average molecular weight is 433 g/mol. The minimum atomic E-state index is -0.497. The molecule has 6 nitrogen and oxygen atoms in total. The van der Waals surface area contributed by atoms with Crippen molar-refractivity contribution in [3.8, 4) is 5.75 Å². The molecule has 8 heteroatoms. The van der Waals surface area contributed by atoms with Crippen molar-refractivity contribution < 1.29 is 19.5 Å². The number of phenolic OH excluding ortho intramolecular Hbond substituents is 1. The molecule has 0 bridgehead atoms. The second-order valence-corrected chi connectivity index (χ2v) is 7.32. The molecule has 0 unspecified atom stereocenters. The van der Waals surface area contributed by atoms with Crippen LogP contribution in [0, 0.1) is 0 Å². The number of phenols is 1. The second-order valence-electron chi connectivity index (χ2n) is 5.41. The van der Waals surface area contributed by atoms with Crippen LogP contribution in [0.4, 0.5) is 10.5 Å². The number of benzene rings is 2. The third-order valence-electron chi connectivity index (χ3n) is 3.49. The summed E-state index contributed by atoms with van der Waals surface area (Å²) in [4.78, 5) is 37.8. The summed E-state index contributed by atoms with van der Waals surface area (Å²) >= 11 is 4.14. The number of anilines is 1. The van der Waals surface area contributed by atoms with Crippen LogP contribution in [0.15, 0.2) is 57.9 Å². The van der Waals surface area contributed by atoms with Gasteiger partial charge in [0.15, 0.2) is 0 Å². The molecule has 3 amide bonds. The van der Waals surface area contributed by atoms with Crippen LogP contribution in [0.3, 0.4) is 0 Å². The lowest BCUT2D eigenvalue weighted by Gasteiger charge is -2.12. The quantitative estimate of drug-likeness (QED) is 0.566. The monoisotopic (exact) mass is 432 g/mol. The molecule has 2 aromatic carbocycles. The lowest BCUT2D eigenvalue weighted by Crippen LogP contribution is -2.36. The highest BCUT2D eigenvalue weighted by atomic mass is 79.9. The van der Waals surface area contributed by atoms with E-state index in [9.17, 15) is 19.5 Å². The van der Waals surface area contributed by atoms with Gasteiger partial charge in [-0.2, -0.15) is 0 Å². The van der Waals surface area contributed by atoms with E-state index in [0.29, 0.717) is 5.69 Å². The Morgan fingerprint density at radius 2 is 1.77 bits per heavy atom. The lowest BCUT2D eigenvalue weighted by atomic mass is 10.2. The van der Waals surface area contributed by atoms with Crippen molar-refractivity contribution in [2.45, 2.75) is 0 Å². The molecule has 0 radical (unpaired) electrons. The van der Waals surface area contributed by atoms with Gasteiger partial charge in [-0.15, -0.1) is 0 Å². The molecule has 0 aromatic heterocycles. The van der Waals surface area contributed by atoms with Gasteiger partial charge in [0.2, 0.25) is 5.91 Å². The van der Waals surface area contributed by atoms with Crippen LogP contribution in [-0.2, 0) is 9.59 Å². The van der Waals surface area contributed by atoms with E-state index >= 15 is 0 Å². The molecule has 2 aromatic rings. The van der Waals surface area contributed by atoms with Gasteiger partial charge in [-0.1, -0.05) is 28.1 Å². The van der Waals surface area contributed by atoms with Crippen molar-refractivity contribution in [2.75, 3.05) is 11.9 Å². The summed E-state index contributed by atoms with van der Waals surface area (Å²) in [6.45, 7) is -0.372. The van der Waals surface area contributed by atoms with Crippen LogP contribution in [0.1, 0.15) is 5.56 Å². The summed E-state index contributed by atoms with van der Waals surface area (Å²) in [6.07, 6.45) is 1.62. The molecular formula is C18H13BrN2O4S. The number of amides is 3. The first kappa shape index (κ1) is 18.2. The van der Waals surface area contributed by atoms with E-state index in [-0.39, 0.29) is 17.2 Å². The maximum absolute atomic E-state index is 12.4. The predicted molar refractivity (Wildman–Crippen MR) is 104 cm³/mol. The number of aromatic hydroxyl groups is 1. The summed E-state index contributed by atoms with van der Waals surface area (Å²) in [7, 11) is 0.